The standard InChI is InChI=1S/C24H27N5O5S2/c1-13(2)11-29-23(33)17(36-24(29)35)9-15-20(26-18-6-5-14(3)12-28(18)22(15)32)27-8-7-25-21(31)16(27)10-19(30)34-4/h5-6,9,12-13,16H,7-8,10-11H2,1-4H3,(H,25,31)/b17-9-. The van der Waals surface area contributed by atoms with Crippen LogP contribution >= 0.6 is 24.0 Å². The highest BCUT2D eigenvalue weighted by atomic mass is 32.2. The molecule has 12 heteroatoms. The Bertz CT molecular complexity index is 1350. The van der Waals surface area contributed by atoms with Crippen molar-refractivity contribution in [2.45, 2.75) is 33.2 Å². The minimum absolute atomic E-state index is 0.146. The van der Waals surface area contributed by atoms with Crippen molar-refractivity contribution in [3.63, 3.8) is 0 Å². The molecule has 0 saturated carbocycles. The third-order valence-electron chi connectivity index (χ3n) is 5.87. The van der Waals surface area contributed by atoms with Gasteiger partial charge in [0, 0.05) is 25.8 Å². The van der Waals surface area contributed by atoms with Gasteiger partial charge in [0.15, 0.2) is 0 Å². The zero-order chi connectivity index (χ0) is 26.1. The number of thiocarbonyl (C=S) groups is 1. The molecule has 4 heterocycles. The fourth-order valence-electron chi connectivity index (χ4n) is 4.16. The van der Waals surface area contributed by atoms with Gasteiger partial charge in [0.25, 0.3) is 11.5 Å². The number of thioether (sulfide) groups is 1. The highest BCUT2D eigenvalue weighted by Crippen LogP contribution is 2.34. The maximum Gasteiger partial charge on any atom is 0.308 e. The van der Waals surface area contributed by atoms with E-state index in [0.717, 1.165) is 17.3 Å². The third kappa shape index (κ3) is 5.00. The monoisotopic (exact) mass is 529 g/mol. The van der Waals surface area contributed by atoms with Gasteiger partial charge in [-0.2, -0.15) is 0 Å². The topological polar surface area (TPSA) is 113 Å². The second-order valence-electron chi connectivity index (χ2n) is 9.06. The van der Waals surface area contributed by atoms with Crippen LogP contribution in [0.3, 0.4) is 0 Å². The maximum absolute atomic E-state index is 13.7. The molecule has 0 radical (unpaired) electrons. The smallest absolute Gasteiger partial charge is 0.308 e. The molecule has 4 rings (SSSR count). The fourth-order valence-corrected chi connectivity index (χ4v) is 5.42. The molecular weight excluding hydrogens is 502 g/mol. The Morgan fingerprint density at radius 3 is 2.78 bits per heavy atom. The summed E-state index contributed by atoms with van der Waals surface area (Å²) in [6.45, 7) is 6.93. The SMILES string of the molecule is COC(=O)CC1C(=O)NCCN1c1nc2ccc(C)cn2c(=O)c1/C=C1\SC(=S)N(CC(C)C)C1=O. The van der Waals surface area contributed by atoms with Crippen LogP contribution in [0.25, 0.3) is 11.7 Å². The maximum atomic E-state index is 13.7. The number of piperazine rings is 1. The predicted octanol–water partition coefficient (Wildman–Crippen LogP) is 1.73. The van der Waals surface area contributed by atoms with E-state index in [1.807, 2.05) is 26.8 Å². The van der Waals surface area contributed by atoms with Crippen molar-refractivity contribution in [2.24, 2.45) is 5.92 Å². The predicted molar refractivity (Wildman–Crippen MR) is 142 cm³/mol. The Hall–Kier alpha value is -3.25. The van der Waals surface area contributed by atoms with Crippen molar-refractivity contribution in [1.29, 1.82) is 0 Å². The van der Waals surface area contributed by atoms with Gasteiger partial charge < -0.3 is 15.0 Å². The van der Waals surface area contributed by atoms with Gasteiger partial charge in [0.1, 0.15) is 21.8 Å². The lowest BCUT2D eigenvalue weighted by atomic mass is 10.1. The number of nitrogens with one attached hydrogen (secondary N) is 1. The van der Waals surface area contributed by atoms with E-state index in [0.29, 0.717) is 34.5 Å². The van der Waals surface area contributed by atoms with E-state index in [9.17, 15) is 19.2 Å². The van der Waals surface area contributed by atoms with Crippen LogP contribution in [0.1, 0.15) is 31.4 Å². The molecule has 0 spiro atoms. The first-order chi connectivity index (χ1) is 17.1. The first-order valence-electron chi connectivity index (χ1n) is 11.5. The second kappa shape index (κ2) is 10.4. The number of ether oxygens (including phenoxy) is 1. The van der Waals surface area contributed by atoms with Crippen molar-refractivity contribution < 1.29 is 19.1 Å². The van der Waals surface area contributed by atoms with Crippen molar-refractivity contribution >= 4 is 63.6 Å². The van der Waals surface area contributed by atoms with Crippen LogP contribution in [0.15, 0.2) is 28.0 Å². The molecule has 10 nitrogen and oxygen atoms in total. The van der Waals surface area contributed by atoms with E-state index >= 15 is 0 Å². The number of carbonyl (C=O) groups is 3. The number of aromatic nitrogens is 2. The molecule has 190 valence electrons. The molecule has 1 atom stereocenters. The summed E-state index contributed by atoms with van der Waals surface area (Å²) in [5.41, 5.74) is 0.991. The molecule has 2 aromatic heterocycles. The molecule has 0 bridgehead atoms. The number of aryl methyl sites for hydroxylation is 1. The molecular formula is C24H27N5O5S2. The molecule has 0 aromatic carbocycles. The number of methoxy groups -OCH3 is 1. The average molecular weight is 530 g/mol. The van der Waals surface area contributed by atoms with Gasteiger partial charge in [-0.25, -0.2) is 4.98 Å². The van der Waals surface area contributed by atoms with Gasteiger partial charge in [0.2, 0.25) is 5.91 Å². The summed E-state index contributed by atoms with van der Waals surface area (Å²) in [5, 5.41) is 2.75. The van der Waals surface area contributed by atoms with E-state index in [1.54, 1.807) is 17.2 Å². The molecule has 36 heavy (non-hydrogen) atoms. The van der Waals surface area contributed by atoms with Crippen LogP contribution in [-0.4, -0.2) is 69.2 Å². The molecule has 2 aromatic rings. The van der Waals surface area contributed by atoms with Gasteiger partial charge in [-0.3, -0.25) is 28.5 Å². The van der Waals surface area contributed by atoms with Crippen molar-refractivity contribution in [3.8, 4) is 0 Å². The van der Waals surface area contributed by atoms with Crippen molar-refractivity contribution in [3.05, 3.63) is 44.7 Å². The number of rotatable bonds is 6. The number of pyridine rings is 1. The van der Waals surface area contributed by atoms with Crippen LogP contribution in [0.4, 0.5) is 5.82 Å². The minimum atomic E-state index is -0.923. The summed E-state index contributed by atoms with van der Waals surface area (Å²) in [4.78, 5) is 59.9. The van der Waals surface area contributed by atoms with E-state index < -0.39 is 17.6 Å². The Morgan fingerprint density at radius 2 is 2.08 bits per heavy atom. The number of amides is 2. The third-order valence-corrected chi connectivity index (χ3v) is 7.25. The Balaban J connectivity index is 1.89. The van der Waals surface area contributed by atoms with Crippen molar-refractivity contribution in [1.82, 2.24) is 19.6 Å². The lowest BCUT2D eigenvalue weighted by molar-refractivity contribution is -0.143. The van der Waals surface area contributed by atoms with Gasteiger partial charge in [-0.05, 0) is 30.5 Å². The molecule has 2 amide bonds. The van der Waals surface area contributed by atoms with Gasteiger partial charge in [-0.15, -0.1) is 0 Å². The number of anilines is 1. The number of hydrogen-bond acceptors (Lipinski definition) is 9. The number of carbonyl (C=O) groups excluding carboxylic acids is 3. The minimum Gasteiger partial charge on any atom is -0.469 e. The van der Waals surface area contributed by atoms with Crippen LogP contribution < -0.4 is 15.8 Å². The molecule has 0 aliphatic carbocycles. The van der Waals surface area contributed by atoms with E-state index in [-0.39, 0.29) is 35.5 Å². The average Bonchev–Trinajstić information content (AvgIpc) is 3.09. The highest BCUT2D eigenvalue weighted by Gasteiger charge is 2.36. The number of esters is 1. The van der Waals surface area contributed by atoms with Gasteiger partial charge in [0.05, 0.1) is 24.0 Å². The number of nitrogens with zero attached hydrogens (tertiary/aromatic N) is 4. The summed E-state index contributed by atoms with van der Waals surface area (Å²) >= 11 is 6.55. The van der Waals surface area contributed by atoms with Crippen LogP contribution in [0.2, 0.25) is 0 Å². The molecule has 1 N–H and O–H groups in total. The summed E-state index contributed by atoms with van der Waals surface area (Å²) in [6, 6.07) is 2.62. The lowest BCUT2D eigenvalue weighted by Gasteiger charge is -2.36. The number of fused-ring (bicyclic) bond motifs is 1. The van der Waals surface area contributed by atoms with E-state index in [1.165, 1.54) is 22.5 Å². The Labute approximate surface area is 217 Å². The fraction of sp³-hybridized carbons (Fsp3) is 0.417. The highest BCUT2D eigenvalue weighted by molar-refractivity contribution is 8.26. The Kier molecular flexibility index (Phi) is 7.46. The normalized spacial score (nSPS) is 19.5. The zero-order valence-electron chi connectivity index (χ0n) is 20.4. The molecule has 2 aliphatic heterocycles. The summed E-state index contributed by atoms with van der Waals surface area (Å²) in [6.07, 6.45) is 2.96. The summed E-state index contributed by atoms with van der Waals surface area (Å²) in [5.74, 6) is -0.773. The largest absolute Gasteiger partial charge is 0.469 e. The summed E-state index contributed by atoms with van der Waals surface area (Å²) in [7, 11) is 1.25. The first-order valence-corrected chi connectivity index (χ1v) is 12.7. The number of hydrogen-bond donors (Lipinski definition) is 1. The molecule has 2 saturated heterocycles. The van der Waals surface area contributed by atoms with E-state index in [2.05, 4.69) is 5.32 Å². The quantitative estimate of drug-likeness (QED) is 0.340. The Morgan fingerprint density at radius 1 is 1.33 bits per heavy atom. The van der Waals surface area contributed by atoms with Crippen LogP contribution in [0.5, 0.6) is 0 Å². The van der Waals surface area contributed by atoms with E-state index in [4.69, 9.17) is 21.9 Å². The molecule has 2 aliphatic rings. The molecule has 2 fully saturated rings. The van der Waals surface area contributed by atoms with Gasteiger partial charge >= 0.3 is 5.97 Å². The lowest BCUT2D eigenvalue weighted by Crippen LogP contribution is -2.57. The summed E-state index contributed by atoms with van der Waals surface area (Å²) < 4.78 is 6.63. The van der Waals surface area contributed by atoms with Crippen LogP contribution in [0, 0.1) is 12.8 Å². The molecule has 1 unspecified atom stereocenters. The van der Waals surface area contributed by atoms with Gasteiger partial charge in [-0.1, -0.05) is 43.9 Å². The zero-order valence-corrected chi connectivity index (χ0v) is 22.1. The van der Waals surface area contributed by atoms with Crippen LogP contribution in [-0.2, 0) is 19.1 Å². The van der Waals surface area contributed by atoms with Crippen molar-refractivity contribution in [2.75, 3.05) is 31.6 Å². The first kappa shape index (κ1) is 25.8. The second-order valence-corrected chi connectivity index (χ2v) is 10.7.